The zero-order valence-corrected chi connectivity index (χ0v) is 64.4. The van der Waals surface area contributed by atoms with Crippen LogP contribution in [0.1, 0.15) is 160 Å². The normalized spacial score (nSPS) is 29.4. The number of carbonyl (C=O) groups is 4. The number of carbonyl (C=O) groups excluding carboxylic acids is 4. The van der Waals surface area contributed by atoms with E-state index < -0.39 is 70.5 Å². The van der Waals surface area contributed by atoms with Crippen LogP contribution in [0, 0.1) is 71.1 Å². The van der Waals surface area contributed by atoms with Crippen molar-refractivity contribution < 1.29 is 77.1 Å². The van der Waals surface area contributed by atoms with Gasteiger partial charge in [0.05, 0.1) is 67.6 Å². The van der Waals surface area contributed by atoms with Crippen molar-refractivity contribution in [2.75, 3.05) is 79.5 Å². The number of phenols is 3. The van der Waals surface area contributed by atoms with Gasteiger partial charge < -0.3 is 58.0 Å². The molecule has 14 atom stereocenters. The number of nitrogens with zero attached hydrogens (tertiary/aromatic N) is 6. The van der Waals surface area contributed by atoms with Crippen molar-refractivity contribution in [2.24, 2.45) is 0 Å². The van der Waals surface area contributed by atoms with Crippen molar-refractivity contribution in [3.8, 4) is 69.6 Å². The second-order valence-electron chi connectivity index (χ2n) is 31.0. The molecule has 6 aromatic carbocycles. The Bertz CT molecular complexity index is 4710. The van der Waals surface area contributed by atoms with E-state index in [0.29, 0.717) is 120 Å². The van der Waals surface area contributed by atoms with Gasteiger partial charge in [0.15, 0.2) is 34.1 Å². The minimum atomic E-state index is -1.28. The maximum Gasteiger partial charge on any atom is 0.331 e. The Labute approximate surface area is 635 Å². The van der Waals surface area contributed by atoms with Gasteiger partial charge in [0.2, 0.25) is 6.79 Å². The number of ether oxygens (including phenoxy) is 9. The molecule has 0 amide bonds. The first-order valence-electron chi connectivity index (χ1n) is 37.1. The third-order valence-electron chi connectivity index (χ3n) is 25.5. The second kappa shape index (κ2) is 26.4. The summed E-state index contributed by atoms with van der Waals surface area (Å²) in [7, 11) is 7.39. The molecule has 0 aliphatic carbocycles. The summed E-state index contributed by atoms with van der Waals surface area (Å²) >= 11 is 3.16. The highest BCUT2D eigenvalue weighted by Crippen LogP contribution is 2.67. The van der Waals surface area contributed by atoms with Crippen LogP contribution in [0.2, 0.25) is 0 Å². The van der Waals surface area contributed by atoms with Crippen LogP contribution in [-0.2, 0) is 71.8 Å². The van der Waals surface area contributed by atoms with E-state index in [4.69, 9.17) is 42.6 Å². The Kier molecular flexibility index (Phi) is 17.6. The third kappa shape index (κ3) is 10.3. The van der Waals surface area contributed by atoms with E-state index in [1.807, 2.05) is 53.8 Å². The summed E-state index contributed by atoms with van der Waals surface area (Å²) in [5.74, 6) is 2.86. The van der Waals surface area contributed by atoms with E-state index >= 15 is 0 Å². The van der Waals surface area contributed by atoms with Gasteiger partial charge in [-0.1, -0.05) is 12.1 Å². The van der Waals surface area contributed by atoms with Crippen LogP contribution < -0.4 is 43.8 Å². The number of hydrogen-bond acceptors (Lipinski definition) is 26. The molecule has 14 aliphatic heterocycles. The molecule has 564 valence electrons. The van der Waals surface area contributed by atoms with Gasteiger partial charge in [-0.15, -0.1) is 23.5 Å². The number of piperazine rings is 2. The maximum absolute atomic E-state index is 14.8. The monoisotopic (exact) mass is 1500 g/mol. The van der Waals surface area contributed by atoms with Crippen molar-refractivity contribution in [2.45, 2.75) is 176 Å². The number of phenolic OH excluding ortho intramolecular Hbond substituents is 3. The summed E-state index contributed by atoms with van der Waals surface area (Å²) in [6, 6.07) is 12.7. The molecule has 4 saturated heterocycles. The zero-order chi connectivity index (χ0) is 75.9. The lowest BCUT2D eigenvalue weighted by molar-refractivity contribution is -0.158. The molecule has 2 unspecified atom stereocenters. The summed E-state index contributed by atoms with van der Waals surface area (Å²) in [5, 5.41) is 62.0. The number of methoxy groups -OCH3 is 2. The molecule has 6 aromatic rings. The van der Waals surface area contributed by atoms with Gasteiger partial charge in [0.25, 0.3) is 0 Å². The van der Waals surface area contributed by atoms with E-state index in [1.54, 1.807) is 38.1 Å². The van der Waals surface area contributed by atoms with E-state index in [0.717, 1.165) is 78.1 Å². The van der Waals surface area contributed by atoms with Crippen molar-refractivity contribution in [3.05, 3.63) is 148 Å². The number of rotatable bonds is 4. The summed E-state index contributed by atoms with van der Waals surface area (Å²) < 4.78 is 55.7. The summed E-state index contributed by atoms with van der Waals surface area (Å²) in [4.78, 5) is 64.5. The molecule has 4 fully saturated rings. The molecule has 8 bridgehead atoms. The molecular weight excluding hydrogens is 1420 g/mol. The lowest BCUT2D eigenvalue weighted by Crippen LogP contribution is -2.69. The van der Waals surface area contributed by atoms with Gasteiger partial charge in [-0.05, 0) is 185 Å². The lowest BCUT2D eigenvalue weighted by atomic mass is 9.70. The molecule has 2 spiro atoms. The molecule has 0 radical (unpaired) electrons. The second-order valence-corrected chi connectivity index (χ2v) is 33.3. The fraction of sp³-hybridized carbons (Fsp3) is 0.488. The minimum Gasteiger partial charge on any atom is -0.508 e. The standard InChI is InChI=1S/C42H46N4O7S.C40H42N4O9S/c1-19-13-27-24(15-31(19)48)8-10-44-42(27)18-54-40-34-33(26-9-11-51-38(26)22(4)39(34)53-23(5)47)30(17-52-41(42)49)46-29(16-43)28-14-25-12-20(2)37(50-7)21(3)32(25)35(36(40)46)45(28)6;1-17-10-23-21(12-27(17)46)7-8-42-40(23)15-54-38-30-29(37-36(51-16-52-37)19(3)35(30)53-20(4)45)26(14-50-39(40)48)44-25(13-41)24-11-22-9-18(2)34(49-6)33(47)28(22)31(32(38)44)43(24)5/h12-13,15,28-30,35-36,40,44,48H,8-11,14,17-18H2,1-7H3;9-10,12,24-26,31-32,38,42,46-47H,7-8,11,14-16H2,1-6H3/t28-,29-,30-,35+,36?,40+,42+;24-,25-,26-,31+,32?,38+,40+/m00/s1. The summed E-state index contributed by atoms with van der Waals surface area (Å²) in [6.07, 6.45) is 3.12. The molecule has 0 saturated carbocycles. The van der Waals surface area contributed by atoms with Crippen molar-refractivity contribution in [3.63, 3.8) is 0 Å². The maximum atomic E-state index is 14.8. The molecule has 20 rings (SSSR count). The van der Waals surface area contributed by atoms with Crippen LogP contribution in [0.15, 0.2) is 36.4 Å². The average Bonchev–Trinajstić information content (AvgIpc) is 0.960. The summed E-state index contributed by atoms with van der Waals surface area (Å²) in [6.45, 7) is 17.6. The lowest BCUT2D eigenvalue weighted by Gasteiger charge is -2.62. The highest BCUT2D eigenvalue weighted by atomic mass is 32.2. The van der Waals surface area contributed by atoms with Gasteiger partial charge in [-0.2, -0.15) is 10.5 Å². The van der Waals surface area contributed by atoms with Crippen molar-refractivity contribution in [1.29, 1.82) is 10.5 Å². The predicted molar refractivity (Wildman–Crippen MR) is 398 cm³/mol. The minimum absolute atomic E-state index is 0.00501. The van der Waals surface area contributed by atoms with Crippen molar-refractivity contribution in [1.82, 2.24) is 30.2 Å². The third-order valence-corrected chi connectivity index (χ3v) is 28.5. The largest absolute Gasteiger partial charge is 0.508 e. The van der Waals surface area contributed by atoms with Gasteiger partial charge in [0.1, 0.15) is 59.8 Å². The number of nitriles is 2. The number of aromatic hydroxyl groups is 3. The Morgan fingerprint density at radius 3 is 1.53 bits per heavy atom. The van der Waals surface area contributed by atoms with Gasteiger partial charge >= 0.3 is 23.9 Å². The van der Waals surface area contributed by atoms with Crippen molar-refractivity contribution >= 4 is 47.4 Å². The first kappa shape index (κ1) is 71.9. The number of thioether (sulfide) groups is 2. The Morgan fingerprint density at radius 2 is 1.02 bits per heavy atom. The molecule has 5 N–H and O–H groups in total. The van der Waals surface area contributed by atoms with Crippen LogP contribution in [0.25, 0.3) is 0 Å². The van der Waals surface area contributed by atoms with Crippen LogP contribution in [0.5, 0.6) is 57.5 Å². The summed E-state index contributed by atoms with van der Waals surface area (Å²) in [5.41, 5.74) is 14.8. The van der Waals surface area contributed by atoms with Crippen LogP contribution >= 0.6 is 23.5 Å². The Balaban J connectivity index is 0.000000158. The van der Waals surface area contributed by atoms with E-state index in [-0.39, 0.29) is 78.4 Å². The first-order valence-corrected chi connectivity index (χ1v) is 39.2. The fourth-order valence-corrected chi connectivity index (χ4v) is 24.4. The van der Waals surface area contributed by atoms with Gasteiger partial charge in [-0.3, -0.25) is 39.8 Å². The quantitative estimate of drug-likeness (QED) is 0.0811. The molecule has 26 heteroatoms. The van der Waals surface area contributed by atoms with Crippen LogP contribution in [0.4, 0.5) is 0 Å². The average molecular weight is 1510 g/mol. The Morgan fingerprint density at radius 1 is 0.546 bits per heavy atom. The van der Waals surface area contributed by atoms with E-state index in [2.05, 4.69) is 75.4 Å². The smallest absolute Gasteiger partial charge is 0.331 e. The topological polar surface area (TPSA) is 297 Å². The highest BCUT2D eigenvalue weighted by molar-refractivity contribution is 7.99. The number of hydrogen-bond donors (Lipinski definition) is 5. The van der Waals surface area contributed by atoms with Gasteiger partial charge in [0, 0.05) is 108 Å². The number of benzene rings is 6. The number of fused-ring (bicyclic) bond motifs is 18. The van der Waals surface area contributed by atoms with Crippen LogP contribution in [0.3, 0.4) is 0 Å². The molecule has 108 heavy (non-hydrogen) atoms. The molecule has 24 nitrogen and oxygen atoms in total. The van der Waals surface area contributed by atoms with E-state index in [9.17, 15) is 45.0 Å². The van der Waals surface area contributed by atoms with Gasteiger partial charge in [-0.25, -0.2) is 9.59 Å². The SMILES string of the molecule is COc1c(C)cc2c(c1C)[C@@H]1C3[C@@H]4SC[C@]5(NCCc6cc(O)c(C)cc65)C(=O)OC[C@@H](c5c6c(c(C)c(OC(C)=O)c54)OCC6)N3[C@@H](C#N)[C@H](C2)N1C.COc1c(C)cc2c(c1O)[C@@H]1C3[C@@H]4SC[C@]5(NCCc6cc(O)c(C)cc65)C(=O)OC[C@@H](c5c6c(c(C)c(OC(C)=O)c54)OCO6)N3[C@@H](C#N)[C@H](C2)N1C. The van der Waals surface area contributed by atoms with Crippen LogP contribution in [-0.4, -0.2) is 175 Å². The fourth-order valence-electron chi connectivity index (χ4n) is 21.0. The number of esters is 4. The molecule has 14 aliphatic rings. The number of aryl methyl sites for hydroxylation is 4. The first-order chi connectivity index (χ1) is 51.8. The molecule has 14 heterocycles. The highest BCUT2D eigenvalue weighted by Gasteiger charge is 2.65. The predicted octanol–water partition coefficient (Wildman–Crippen LogP) is 9.38. The van der Waals surface area contributed by atoms with E-state index in [1.165, 1.54) is 36.7 Å². The number of nitrogens with one attached hydrogen (secondary N) is 2. The molecular formula is C82H88N8O16S2. The zero-order valence-electron chi connectivity index (χ0n) is 62.7. The molecule has 0 aromatic heterocycles. The Hall–Kier alpha value is -8.96. The number of likely N-dealkylation sites (N-methyl/N-ethyl adjacent to an activating group) is 2.